The molecule has 19 heavy (non-hydrogen) atoms. The van der Waals surface area contributed by atoms with Crippen molar-refractivity contribution in [2.75, 3.05) is 0 Å². The lowest BCUT2D eigenvalue weighted by molar-refractivity contribution is 0.584. The average Bonchev–Trinajstić information content (AvgIpc) is 2.96. The maximum Gasteiger partial charge on any atom is 0.178 e. The predicted molar refractivity (Wildman–Crippen MR) is 79.4 cm³/mol. The van der Waals surface area contributed by atoms with Gasteiger partial charge in [0.2, 0.25) is 0 Å². The van der Waals surface area contributed by atoms with Crippen LogP contribution in [-0.4, -0.2) is 19.1 Å². The number of H-pyrrole nitrogens is 1. The number of aromatic amines is 1. The number of hydrogen-bond donors (Lipinski definition) is 1. The number of benzene rings is 1. The number of rotatable bonds is 3. The Hall–Kier alpha value is -1.30. The molecular weight excluding hydrogens is 303 g/mol. The van der Waals surface area contributed by atoms with Crippen molar-refractivity contribution in [2.45, 2.75) is 13.1 Å². The topological polar surface area (TPSA) is 38.5 Å². The molecule has 2 heterocycles. The summed E-state index contributed by atoms with van der Waals surface area (Å²) >= 11 is 17.4. The normalized spacial score (nSPS) is 11.3. The van der Waals surface area contributed by atoms with E-state index in [2.05, 4.69) is 9.97 Å². The van der Waals surface area contributed by atoms with Gasteiger partial charge in [-0.15, -0.1) is 0 Å². The lowest BCUT2D eigenvalue weighted by atomic mass is 10.3. The number of nitrogens with zero attached hydrogens (tertiary/aromatic N) is 3. The summed E-state index contributed by atoms with van der Waals surface area (Å²) in [4.78, 5) is 7.15. The van der Waals surface area contributed by atoms with Gasteiger partial charge in [-0.05, 0) is 24.4 Å². The standard InChI is InChI=1S/C12H10Cl2N4S/c13-8-5-10-11(6-9(8)14)18(12(19)16-10)4-3-17-2-1-15-7-17/h1-2,5-7H,3-4H2,(H,16,19). The van der Waals surface area contributed by atoms with Gasteiger partial charge < -0.3 is 14.1 Å². The lowest BCUT2D eigenvalue weighted by Crippen LogP contribution is -2.05. The van der Waals surface area contributed by atoms with Crippen LogP contribution in [0.1, 0.15) is 0 Å². The molecule has 0 fully saturated rings. The van der Waals surface area contributed by atoms with Crippen LogP contribution in [0.15, 0.2) is 30.9 Å². The molecule has 0 aliphatic rings. The summed E-state index contributed by atoms with van der Waals surface area (Å²) in [5.74, 6) is 0. The number of aromatic nitrogens is 4. The fourth-order valence-electron chi connectivity index (χ4n) is 2.01. The van der Waals surface area contributed by atoms with Crippen molar-refractivity contribution in [1.82, 2.24) is 19.1 Å². The molecule has 3 aromatic rings. The second-order valence-corrected chi connectivity index (χ2v) is 5.37. The van der Waals surface area contributed by atoms with Gasteiger partial charge in [-0.2, -0.15) is 0 Å². The number of hydrogen-bond acceptors (Lipinski definition) is 2. The van der Waals surface area contributed by atoms with Crippen LogP contribution in [0.4, 0.5) is 0 Å². The van der Waals surface area contributed by atoms with Crippen LogP contribution in [-0.2, 0) is 13.1 Å². The van der Waals surface area contributed by atoms with Crippen LogP contribution >= 0.6 is 35.4 Å². The van der Waals surface area contributed by atoms with E-state index in [1.54, 1.807) is 18.6 Å². The lowest BCUT2D eigenvalue weighted by Gasteiger charge is -2.06. The number of nitrogens with one attached hydrogen (secondary N) is 1. The highest BCUT2D eigenvalue weighted by Gasteiger charge is 2.08. The third-order valence-corrected chi connectivity index (χ3v) is 4.00. The number of fused-ring (bicyclic) bond motifs is 1. The molecule has 1 aromatic carbocycles. The Morgan fingerprint density at radius 1 is 1.21 bits per heavy atom. The van der Waals surface area contributed by atoms with Crippen LogP contribution < -0.4 is 0 Å². The first-order valence-corrected chi connectivity index (χ1v) is 6.85. The minimum atomic E-state index is 0.521. The minimum absolute atomic E-state index is 0.521. The Bertz CT molecular complexity index is 773. The van der Waals surface area contributed by atoms with E-state index in [0.29, 0.717) is 14.8 Å². The van der Waals surface area contributed by atoms with Crippen molar-refractivity contribution in [1.29, 1.82) is 0 Å². The van der Waals surface area contributed by atoms with Crippen LogP contribution in [0.2, 0.25) is 10.0 Å². The zero-order chi connectivity index (χ0) is 13.4. The molecule has 0 radical (unpaired) electrons. The molecule has 0 aliphatic heterocycles. The molecule has 0 atom stereocenters. The van der Waals surface area contributed by atoms with E-state index in [1.807, 2.05) is 21.4 Å². The Morgan fingerprint density at radius 3 is 2.74 bits per heavy atom. The molecule has 0 saturated carbocycles. The summed E-state index contributed by atoms with van der Waals surface area (Å²) in [6.07, 6.45) is 5.45. The van der Waals surface area contributed by atoms with Gasteiger partial charge in [0.15, 0.2) is 4.77 Å². The summed E-state index contributed by atoms with van der Waals surface area (Å²) in [5, 5.41) is 1.05. The number of aryl methyl sites for hydroxylation is 2. The molecule has 3 rings (SSSR count). The number of imidazole rings is 2. The van der Waals surface area contributed by atoms with Crippen molar-refractivity contribution in [3.8, 4) is 0 Å². The molecule has 0 aliphatic carbocycles. The van der Waals surface area contributed by atoms with E-state index in [4.69, 9.17) is 35.4 Å². The third-order valence-electron chi connectivity index (χ3n) is 2.96. The summed E-state index contributed by atoms with van der Waals surface area (Å²) in [7, 11) is 0. The van der Waals surface area contributed by atoms with E-state index >= 15 is 0 Å². The zero-order valence-corrected chi connectivity index (χ0v) is 12.1. The van der Waals surface area contributed by atoms with Crippen molar-refractivity contribution in [2.24, 2.45) is 0 Å². The van der Waals surface area contributed by atoms with Gasteiger partial charge in [0.1, 0.15) is 0 Å². The zero-order valence-electron chi connectivity index (χ0n) is 9.81. The number of halogens is 2. The van der Waals surface area contributed by atoms with Crippen molar-refractivity contribution < 1.29 is 0 Å². The summed E-state index contributed by atoms with van der Waals surface area (Å²) < 4.78 is 4.67. The minimum Gasteiger partial charge on any atom is -0.336 e. The molecule has 2 aromatic heterocycles. The largest absolute Gasteiger partial charge is 0.336 e. The highest BCUT2D eigenvalue weighted by molar-refractivity contribution is 7.71. The quantitative estimate of drug-likeness (QED) is 0.745. The molecule has 98 valence electrons. The van der Waals surface area contributed by atoms with E-state index in [0.717, 1.165) is 24.1 Å². The molecule has 0 bridgehead atoms. The van der Waals surface area contributed by atoms with Gasteiger partial charge in [-0.1, -0.05) is 23.2 Å². The Morgan fingerprint density at radius 2 is 2.00 bits per heavy atom. The fourth-order valence-corrected chi connectivity index (χ4v) is 2.63. The Kier molecular flexibility index (Phi) is 3.35. The predicted octanol–water partition coefficient (Wildman–Crippen LogP) is 3.90. The van der Waals surface area contributed by atoms with Crippen LogP contribution in [0.25, 0.3) is 11.0 Å². The highest BCUT2D eigenvalue weighted by atomic mass is 35.5. The van der Waals surface area contributed by atoms with Crippen LogP contribution in [0, 0.1) is 4.77 Å². The maximum absolute atomic E-state index is 6.06. The van der Waals surface area contributed by atoms with Crippen molar-refractivity contribution in [3.05, 3.63) is 45.7 Å². The first-order chi connectivity index (χ1) is 9.15. The van der Waals surface area contributed by atoms with Gasteiger partial charge in [0.05, 0.1) is 27.4 Å². The average molecular weight is 313 g/mol. The first kappa shape index (κ1) is 12.7. The molecule has 0 amide bonds. The summed E-state index contributed by atoms with van der Waals surface area (Å²) in [5.41, 5.74) is 1.85. The Balaban J connectivity index is 2.00. The first-order valence-electron chi connectivity index (χ1n) is 5.68. The van der Waals surface area contributed by atoms with E-state index in [9.17, 15) is 0 Å². The highest BCUT2D eigenvalue weighted by Crippen LogP contribution is 2.27. The second-order valence-electron chi connectivity index (χ2n) is 4.17. The summed E-state index contributed by atoms with van der Waals surface area (Å²) in [6, 6.07) is 3.63. The van der Waals surface area contributed by atoms with Gasteiger partial charge in [-0.3, -0.25) is 0 Å². The molecule has 0 spiro atoms. The molecule has 0 unspecified atom stereocenters. The molecule has 4 nitrogen and oxygen atoms in total. The monoisotopic (exact) mass is 312 g/mol. The van der Waals surface area contributed by atoms with E-state index < -0.39 is 0 Å². The SMILES string of the molecule is S=c1[nH]c2cc(Cl)c(Cl)cc2n1CCn1ccnc1. The fraction of sp³-hybridized carbons (Fsp3) is 0.167. The van der Waals surface area contributed by atoms with Gasteiger partial charge in [0, 0.05) is 25.5 Å². The van der Waals surface area contributed by atoms with Crippen LogP contribution in [0.3, 0.4) is 0 Å². The Labute approximate surface area is 124 Å². The molecule has 7 heteroatoms. The molecule has 0 saturated heterocycles. The van der Waals surface area contributed by atoms with Crippen molar-refractivity contribution >= 4 is 46.5 Å². The molecular formula is C12H10Cl2N4S. The van der Waals surface area contributed by atoms with E-state index in [-0.39, 0.29) is 0 Å². The van der Waals surface area contributed by atoms with Crippen LogP contribution in [0.5, 0.6) is 0 Å². The smallest absolute Gasteiger partial charge is 0.178 e. The van der Waals surface area contributed by atoms with Gasteiger partial charge >= 0.3 is 0 Å². The van der Waals surface area contributed by atoms with E-state index in [1.165, 1.54) is 0 Å². The summed E-state index contributed by atoms with van der Waals surface area (Å²) in [6.45, 7) is 1.54. The molecule has 1 N–H and O–H groups in total. The van der Waals surface area contributed by atoms with Crippen molar-refractivity contribution in [3.63, 3.8) is 0 Å². The van der Waals surface area contributed by atoms with Gasteiger partial charge in [0.25, 0.3) is 0 Å². The maximum atomic E-state index is 6.06. The second kappa shape index (κ2) is 5.00. The van der Waals surface area contributed by atoms with Gasteiger partial charge in [-0.25, -0.2) is 4.98 Å². The third kappa shape index (κ3) is 2.41.